The molecular formula is C50H41N. The smallest absolute Gasteiger partial charge is 0.0540 e. The summed E-state index contributed by atoms with van der Waals surface area (Å²) >= 11 is 0. The Bertz CT molecular complexity index is 2530. The van der Waals surface area contributed by atoms with Gasteiger partial charge in [-0.05, 0) is 122 Å². The van der Waals surface area contributed by atoms with Gasteiger partial charge in [-0.3, -0.25) is 0 Å². The second-order valence-electron chi connectivity index (χ2n) is 16.1. The second kappa shape index (κ2) is 10.6. The minimum Gasteiger partial charge on any atom is -0.310 e. The Labute approximate surface area is 301 Å². The number of benzene rings is 7. The van der Waals surface area contributed by atoms with Crippen LogP contribution in [0.1, 0.15) is 61.8 Å². The Kier molecular flexibility index (Phi) is 6.08. The van der Waals surface area contributed by atoms with E-state index in [0.29, 0.717) is 0 Å². The molecule has 0 saturated heterocycles. The maximum atomic E-state index is 2.47. The first-order chi connectivity index (χ1) is 25.0. The molecule has 1 spiro atoms. The molecule has 0 amide bonds. The largest absolute Gasteiger partial charge is 0.310 e. The Morgan fingerprint density at radius 1 is 0.529 bits per heavy atom. The SMILES string of the molecule is CC1(C)c2ccccc2-c2ccc(N(c3ccc(-c4cccc5c4-c4ccccc4C54CC5CCC4C5)cc3)c3cccc4ccccc34)cc21. The van der Waals surface area contributed by atoms with E-state index in [1.807, 2.05) is 0 Å². The van der Waals surface area contributed by atoms with Crippen molar-refractivity contribution in [2.45, 2.75) is 50.4 Å². The van der Waals surface area contributed by atoms with Gasteiger partial charge in [0.05, 0.1) is 5.69 Å². The fourth-order valence-corrected chi connectivity index (χ4v) is 11.1. The fourth-order valence-electron chi connectivity index (χ4n) is 11.1. The molecule has 0 aliphatic heterocycles. The van der Waals surface area contributed by atoms with Crippen molar-refractivity contribution in [2.75, 3.05) is 4.90 Å². The van der Waals surface area contributed by atoms with Gasteiger partial charge in [0, 0.05) is 27.6 Å². The molecule has 0 radical (unpaired) electrons. The molecule has 4 aliphatic carbocycles. The van der Waals surface area contributed by atoms with Crippen molar-refractivity contribution in [1.82, 2.24) is 0 Å². The molecule has 4 aliphatic rings. The third-order valence-corrected chi connectivity index (χ3v) is 13.3. The number of fused-ring (bicyclic) bond motifs is 12. The van der Waals surface area contributed by atoms with E-state index in [1.54, 1.807) is 11.1 Å². The van der Waals surface area contributed by atoms with Crippen LogP contribution in [0.4, 0.5) is 17.1 Å². The predicted molar refractivity (Wildman–Crippen MR) is 213 cm³/mol. The molecule has 246 valence electrons. The molecule has 1 nitrogen and oxygen atoms in total. The van der Waals surface area contributed by atoms with Gasteiger partial charge in [-0.15, -0.1) is 0 Å². The average Bonchev–Trinajstić information content (AvgIpc) is 3.92. The van der Waals surface area contributed by atoms with Crippen molar-refractivity contribution in [3.8, 4) is 33.4 Å². The molecule has 51 heavy (non-hydrogen) atoms. The van der Waals surface area contributed by atoms with Crippen LogP contribution in [0.5, 0.6) is 0 Å². The molecule has 2 saturated carbocycles. The summed E-state index contributed by atoms with van der Waals surface area (Å²) in [4.78, 5) is 2.47. The van der Waals surface area contributed by atoms with E-state index in [0.717, 1.165) is 11.8 Å². The van der Waals surface area contributed by atoms with Crippen LogP contribution in [0, 0.1) is 11.8 Å². The molecule has 2 bridgehead atoms. The third kappa shape index (κ3) is 3.98. The van der Waals surface area contributed by atoms with Gasteiger partial charge in [0.1, 0.15) is 0 Å². The first kappa shape index (κ1) is 29.3. The Hall–Kier alpha value is -5.40. The van der Waals surface area contributed by atoms with Crippen molar-refractivity contribution in [3.05, 3.63) is 174 Å². The molecule has 0 N–H and O–H groups in total. The quantitative estimate of drug-likeness (QED) is 0.182. The van der Waals surface area contributed by atoms with E-state index in [1.165, 1.54) is 98.0 Å². The van der Waals surface area contributed by atoms with Gasteiger partial charge in [-0.2, -0.15) is 0 Å². The first-order valence-corrected chi connectivity index (χ1v) is 18.9. The number of anilines is 3. The number of hydrogen-bond acceptors (Lipinski definition) is 1. The van der Waals surface area contributed by atoms with Gasteiger partial charge in [-0.1, -0.05) is 142 Å². The highest BCUT2D eigenvalue weighted by Crippen LogP contribution is 2.66. The fraction of sp³-hybridized carbons (Fsp3) is 0.200. The molecule has 7 aromatic carbocycles. The standard InChI is InChI=1S/C50H41N/c1-49(2)43-17-7-5-14-40(43)41-28-27-37(30-46(41)49)51(47-20-9-12-33-11-3-4-13-38(33)47)36-25-22-34(23-26-36)39-16-10-19-45-48(39)42-15-6-8-18-44(42)50(45)31-32-21-24-35(50)29-32/h3-20,22-23,25-28,30,32,35H,21,24,29,31H2,1-2H3. The van der Waals surface area contributed by atoms with Crippen molar-refractivity contribution in [3.63, 3.8) is 0 Å². The van der Waals surface area contributed by atoms with Crippen LogP contribution in [0.3, 0.4) is 0 Å². The van der Waals surface area contributed by atoms with Gasteiger partial charge < -0.3 is 4.90 Å². The summed E-state index contributed by atoms with van der Waals surface area (Å²) in [5.41, 5.74) is 17.9. The molecule has 3 atom stereocenters. The van der Waals surface area contributed by atoms with E-state index in [2.05, 4.69) is 170 Å². The highest BCUT2D eigenvalue weighted by molar-refractivity contribution is 6.00. The molecule has 0 aromatic heterocycles. The van der Waals surface area contributed by atoms with Crippen molar-refractivity contribution in [2.24, 2.45) is 11.8 Å². The molecule has 3 unspecified atom stereocenters. The molecule has 0 heterocycles. The maximum absolute atomic E-state index is 2.47. The Morgan fingerprint density at radius 3 is 2.02 bits per heavy atom. The zero-order chi connectivity index (χ0) is 33.9. The topological polar surface area (TPSA) is 3.24 Å². The minimum atomic E-state index is -0.0730. The minimum absolute atomic E-state index is 0.0730. The van der Waals surface area contributed by atoms with E-state index < -0.39 is 0 Å². The van der Waals surface area contributed by atoms with Crippen molar-refractivity contribution in [1.29, 1.82) is 0 Å². The summed E-state index contributed by atoms with van der Waals surface area (Å²) in [7, 11) is 0. The summed E-state index contributed by atoms with van der Waals surface area (Å²) in [6.45, 7) is 4.74. The van der Waals surface area contributed by atoms with Crippen LogP contribution in [0.2, 0.25) is 0 Å². The van der Waals surface area contributed by atoms with Crippen molar-refractivity contribution < 1.29 is 0 Å². The zero-order valence-electron chi connectivity index (χ0n) is 29.4. The van der Waals surface area contributed by atoms with Crippen molar-refractivity contribution >= 4 is 27.8 Å². The van der Waals surface area contributed by atoms with E-state index in [9.17, 15) is 0 Å². The lowest BCUT2D eigenvalue weighted by Crippen LogP contribution is -2.31. The lowest BCUT2D eigenvalue weighted by Gasteiger charge is -2.36. The predicted octanol–water partition coefficient (Wildman–Crippen LogP) is 13.4. The Balaban J connectivity index is 1.06. The van der Waals surface area contributed by atoms with Crippen LogP contribution < -0.4 is 4.90 Å². The van der Waals surface area contributed by atoms with Gasteiger partial charge >= 0.3 is 0 Å². The third-order valence-electron chi connectivity index (χ3n) is 13.3. The molecular weight excluding hydrogens is 615 g/mol. The maximum Gasteiger partial charge on any atom is 0.0540 e. The summed E-state index contributed by atoms with van der Waals surface area (Å²) in [6.07, 6.45) is 5.48. The molecule has 7 aromatic rings. The van der Waals surface area contributed by atoms with Crippen LogP contribution in [-0.2, 0) is 10.8 Å². The lowest BCUT2D eigenvalue weighted by atomic mass is 9.66. The zero-order valence-corrected chi connectivity index (χ0v) is 29.4. The van der Waals surface area contributed by atoms with Crippen LogP contribution in [-0.4, -0.2) is 0 Å². The van der Waals surface area contributed by atoms with Crippen LogP contribution in [0.15, 0.2) is 152 Å². The molecule has 2 fully saturated rings. The van der Waals surface area contributed by atoms with Crippen LogP contribution >= 0.6 is 0 Å². The summed E-state index contributed by atoms with van der Waals surface area (Å²) in [5, 5.41) is 2.50. The van der Waals surface area contributed by atoms with Gasteiger partial charge in [0.25, 0.3) is 0 Å². The highest BCUT2D eigenvalue weighted by atomic mass is 15.1. The average molecular weight is 656 g/mol. The number of nitrogens with zero attached hydrogens (tertiary/aromatic N) is 1. The summed E-state index contributed by atoms with van der Waals surface area (Å²) in [5.74, 6) is 1.64. The molecule has 11 rings (SSSR count). The Morgan fingerprint density at radius 2 is 1.20 bits per heavy atom. The lowest BCUT2D eigenvalue weighted by molar-refractivity contribution is 0.327. The van der Waals surface area contributed by atoms with Gasteiger partial charge in [-0.25, -0.2) is 0 Å². The van der Waals surface area contributed by atoms with E-state index in [4.69, 9.17) is 0 Å². The van der Waals surface area contributed by atoms with Gasteiger partial charge in [0.2, 0.25) is 0 Å². The first-order valence-electron chi connectivity index (χ1n) is 18.9. The monoisotopic (exact) mass is 655 g/mol. The van der Waals surface area contributed by atoms with E-state index >= 15 is 0 Å². The number of hydrogen-bond donors (Lipinski definition) is 0. The summed E-state index contributed by atoms with van der Waals surface area (Å²) < 4.78 is 0. The second-order valence-corrected chi connectivity index (χ2v) is 16.1. The highest BCUT2D eigenvalue weighted by Gasteiger charge is 2.57. The van der Waals surface area contributed by atoms with Crippen LogP contribution in [0.25, 0.3) is 44.2 Å². The van der Waals surface area contributed by atoms with E-state index in [-0.39, 0.29) is 10.8 Å². The number of rotatable bonds is 4. The van der Waals surface area contributed by atoms with Gasteiger partial charge in [0.15, 0.2) is 0 Å². The molecule has 1 heteroatoms. The normalized spacial score (nSPS) is 21.5. The summed E-state index contributed by atoms with van der Waals surface area (Å²) in [6, 6.07) is 57.4.